The predicted octanol–water partition coefficient (Wildman–Crippen LogP) is 0.222. The average Bonchev–Trinajstić information content (AvgIpc) is 2.73. The van der Waals surface area contributed by atoms with Crippen LogP contribution in [0.4, 0.5) is 0 Å². The fourth-order valence-electron chi connectivity index (χ4n) is 3.00. The summed E-state index contributed by atoms with van der Waals surface area (Å²) in [5.74, 6) is 0. The van der Waals surface area contributed by atoms with Crippen LogP contribution in [0.25, 0.3) is 0 Å². The van der Waals surface area contributed by atoms with Gasteiger partial charge in [0.25, 0.3) is 20.2 Å². The minimum atomic E-state index is -4.43. The summed E-state index contributed by atoms with van der Waals surface area (Å²) < 4.78 is 64.7. The van der Waals surface area contributed by atoms with Crippen LogP contribution in [0.15, 0.2) is 58.3 Å². The molecule has 32 heavy (non-hydrogen) atoms. The zero-order valence-electron chi connectivity index (χ0n) is 17.2. The molecular formula is C20H24O10S2. The molecule has 1 aliphatic rings. The van der Waals surface area contributed by atoms with E-state index < -0.39 is 57.5 Å². The van der Waals surface area contributed by atoms with E-state index >= 15 is 0 Å². The van der Waals surface area contributed by atoms with Crippen LogP contribution in [0.1, 0.15) is 11.1 Å². The van der Waals surface area contributed by atoms with Crippen molar-refractivity contribution in [2.45, 2.75) is 54.3 Å². The summed E-state index contributed by atoms with van der Waals surface area (Å²) in [5, 5.41) is 30.6. The van der Waals surface area contributed by atoms with E-state index in [4.69, 9.17) is 13.1 Å². The largest absolute Gasteiger partial charge is 0.387 e. The maximum atomic E-state index is 12.6. The Kier molecular flexibility index (Phi) is 7.37. The number of benzene rings is 2. The highest BCUT2D eigenvalue weighted by Crippen LogP contribution is 2.27. The Hall–Kier alpha value is -1.90. The molecule has 0 aromatic heterocycles. The van der Waals surface area contributed by atoms with Gasteiger partial charge in [-0.25, -0.2) is 0 Å². The fraction of sp³-hybridized carbons (Fsp3) is 0.400. The molecule has 12 heteroatoms. The van der Waals surface area contributed by atoms with Crippen LogP contribution >= 0.6 is 0 Å². The molecule has 0 aliphatic carbocycles. The van der Waals surface area contributed by atoms with Crippen molar-refractivity contribution in [3.63, 3.8) is 0 Å². The first-order valence-electron chi connectivity index (χ1n) is 9.56. The standard InChI is InChI=1S/C20H24O10S2/c1-12-3-7-14(8-4-12)31(24,25)28-11-16-17(21)19(18(22)20(23)29-16)30-32(26,27)15-9-5-13(2)6-10-15/h3-10,16-23H,11H2,1-2H3/t16-,17-,18+,19+,20+/m1/s1. The smallest absolute Gasteiger partial charge is 0.297 e. The van der Waals surface area contributed by atoms with Crippen molar-refractivity contribution in [1.82, 2.24) is 0 Å². The van der Waals surface area contributed by atoms with E-state index in [-0.39, 0.29) is 9.79 Å². The van der Waals surface area contributed by atoms with Gasteiger partial charge in [0.05, 0.1) is 16.4 Å². The molecule has 0 unspecified atom stereocenters. The van der Waals surface area contributed by atoms with E-state index in [1.807, 2.05) is 0 Å². The molecule has 2 aromatic rings. The Bertz CT molecular complexity index is 1130. The van der Waals surface area contributed by atoms with Crippen LogP contribution < -0.4 is 0 Å². The maximum Gasteiger partial charge on any atom is 0.297 e. The highest BCUT2D eigenvalue weighted by molar-refractivity contribution is 7.87. The summed E-state index contributed by atoms with van der Waals surface area (Å²) in [6.45, 7) is 2.78. The summed E-state index contributed by atoms with van der Waals surface area (Å²) in [6, 6.07) is 11.5. The molecule has 5 atom stereocenters. The summed E-state index contributed by atoms with van der Waals surface area (Å²) in [4.78, 5) is -0.359. The lowest BCUT2D eigenvalue weighted by Crippen LogP contribution is -2.60. The summed E-state index contributed by atoms with van der Waals surface area (Å²) in [5.41, 5.74) is 1.64. The topological polar surface area (TPSA) is 157 Å². The molecule has 1 fully saturated rings. The molecule has 3 N–H and O–H groups in total. The molecule has 1 heterocycles. The first kappa shape index (κ1) is 24.7. The molecule has 176 valence electrons. The predicted molar refractivity (Wildman–Crippen MR) is 110 cm³/mol. The SMILES string of the molecule is Cc1ccc(S(=O)(=O)OC[C@H]2O[C@H](O)[C@@H](O)[C@@H](OS(=O)(=O)c3ccc(C)cc3)[C@@H]2O)cc1. The van der Waals surface area contributed by atoms with Crippen molar-refractivity contribution in [2.24, 2.45) is 0 Å². The Morgan fingerprint density at radius 2 is 1.25 bits per heavy atom. The number of hydrogen-bond acceptors (Lipinski definition) is 10. The first-order valence-corrected chi connectivity index (χ1v) is 12.4. The molecule has 0 radical (unpaired) electrons. The van der Waals surface area contributed by atoms with E-state index in [1.165, 1.54) is 36.4 Å². The van der Waals surface area contributed by atoms with Gasteiger partial charge in [0.2, 0.25) is 0 Å². The lowest BCUT2D eigenvalue weighted by atomic mass is 9.99. The van der Waals surface area contributed by atoms with Crippen molar-refractivity contribution in [3.05, 3.63) is 59.7 Å². The monoisotopic (exact) mass is 488 g/mol. The second-order valence-corrected chi connectivity index (χ2v) is 10.6. The molecule has 10 nitrogen and oxygen atoms in total. The molecule has 0 amide bonds. The third kappa shape index (κ3) is 5.53. The Labute approximate surface area is 186 Å². The molecule has 0 bridgehead atoms. The first-order chi connectivity index (χ1) is 14.9. The Morgan fingerprint density at radius 3 is 1.75 bits per heavy atom. The highest BCUT2D eigenvalue weighted by atomic mass is 32.2. The second kappa shape index (κ2) is 9.53. The highest BCUT2D eigenvalue weighted by Gasteiger charge is 2.47. The van der Waals surface area contributed by atoms with Crippen LogP contribution in [0.5, 0.6) is 0 Å². The molecule has 3 rings (SSSR count). The average molecular weight is 489 g/mol. The van der Waals surface area contributed by atoms with Crippen LogP contribution in [0.2, 0.25) is 0 Å². The van der Waals surface area contributed by atoms with E-state index in [1.54, 1.807) is 26.0 Å². The van der Waals surface area contributed by atoms with Crippen molar-refractivity contribution in [3.8, 4) is 0 Å². The van der Waals surface area contributed by atoms with Crippen molar-refractivity contribution in [1.29, 1.82) is 0 Å². The minimum Gasteiger partial charge on any atom is -0.387 e. The molecular weight excluding hydrogens is 464 g/mol. The quantitative estimate of drug-likeness (QED) is 0.461. The van der Waals surface area contributed by atoms with Gasteiger partial charge in [0, 0.05) is 0 Å². The lowest BCUT2D eigenvalue weighted by Gasteiger charge is -2.39. The minimum absolute atomic E-state index is 0.135. The fourth-order valence-corrected chi connectivity index (χ4v) is 5.02. The number of hydrogen-bond donors (Lipinski definition) is 3. The third-order valence-corrected chi connectivity index (χ3v) is 7.53. The zero-order valence-corrected chi connectivity index (χ0v) is 18.9. The Balaban J connectivity index is 1.75. The maximum absolute atomic E-state index is 12.6. The van der Waals surface area contributed by atoms with Gasteiger partial charge in [-0.05, 0) is 38.1 Å². The van der Waals surface area contributed by atoms with Crippen LogP contribution in [-0.2, 0) is 33.3 Å². The van der Waals surface area contributed by atoms with Crippen molar-refractivity contribution < 1.29 is 45.3 Å². The molecule has 0 saturated carbocycles. The van der Waals surface area contributed by atoms with Gasteiger partial charge < -0.3 is 20.1 Å². The molecule has 1 saturated heterocycles. The summed E-state index contributed by atoms with van der Waals surface area (Å²) >= 11 is 0. The Morgan fingerprint density at radius 1 is 0.781 bits per heavy atom. The van der Waals surface area contributed by atoms with Crippen LogP contribution in [-0.4, -0.2) is 69.5 Å². The van der Waals surface area contributed by atoms with E-state index in [0.29, 0.717) is 0 Å². The normalized spacial score (nSPS) is 26.7. The molecule has 0 spiro atoms. The molecule has 1 aliphatic heterocycles. The van der Waals surface area contributed by atoms with Gasteiger partial charge in [-0.2, -0.15) is 16.8 Å². The van der Waals surface area contributed by atoms with Gasteiger partial charge in [0.1, 0.15) is 24.4 Å². The van der Waals surface area contributed by atoms with Crippen molar-refractivity contribution in [2.75, 3.05) is 6.61 Å². The number of rotatable bonds is 7. The van der Waals surface area contributed by atoms with Gasteiger partial charge in [-0.1, -0.05) is 35.4 Å². The van der Waals surface area contributed by atoms with Crippen LogP contribution in [0, 0.1) is 13.8 Å². The zero-order chi connectivity index (χ0) is 23.7. The summed E-state index contributed by atoms with van der Waals surface area (Å²) in [6.07, 6.45) is -9.04. The second-order valence-electron chi connectivity index (χ2n) is 7.43. The van der Waals surface area contributed by atoms with Gasteiger partial charge in [-0.15, -0.1) is 0 Å². The third-order valence-electron chi connectivity index (χ3n) is 4.91. The number of aliphatic hydroxyl groups excluding tert-OH is 3. The van der Waals surface area contributed by atoms with E-state index in [9.17, 15) is 32.2 Å². The van der Waals surface area contributed by atoms with E-state index in [2.05, 4.69) is 0 Å². The van der Waals surface area contributed by atoms with Gasteiger partial charge in [-0.3, -0.25) is 8.37 Å². The lowest BCUT2D eigenvalue weighted by molar-refractivity contribution is -0.280. The summed E-state index contributed by atoms with van der Waals surface area (Å²) in [7, 11) is -8.65. The van der Waals surface area contributed by atoms with E-state index in [0.717, 1.165) is 11.1 Å². The number of aryl methyl sites for hydroxylation is 2. The van der Waals surface area contributed by atoms with Crippen LogP contribution in [0.3, 0.4) is 0 Å². The molecule has 2 aromatic carbocycles. The van der Waals surface area contributed by atoms with Crippen molar-refractivity contribution >= 4 is 20.2 Å². The van der Waals surface area contributed by atoms with Gasteiger partial charge >= 0.3 is 0 Å². The number of ether oxygens (including phenoxy) is 1. The number of aliphatic hydroxyl groups is 3. The van der Waals surface area contributed by atoms with Gasteiger partial charge in [0.15, 0.2) is 6.29 Å².